The van der Waals surface area contributed by atoms with Gasteiger partial charge in [-0.25, -0.2) is 5.48 Å². The van der Waals surface area contributed by atoms with Crippen LogP contribution in [0, 0.1) is 5.92 Å². The van der Waals surface area contributed by atoms with E-state index in [0.717, 1.165) is 38.5 Å². The summed E-state index contributed by atoms with van der Waals surface area (Å²) in [6.07, 6.45) is 5.90. The summed E-state index contributed by atoms with van der Waals surface area (Å²) in [5.74, 6) is -0.528. The van der Waals surface area contributed by atoms with Crippen LogP contribution >= 0.6 is 0 Å². The van der Waals surface area contributed by atoms with Crippen molar-refractivity contribution in [1.29, 1.82) is 0 Å². The molecule has 2 atom stereocenters. The normalized spacial score (nSPS) is 14.2. The van der Waals surface area contributed by atoms with Gasteiger partial charge in [0.2, 0.25) is 5.91 Å². The van der Waals surface area contributed by atoms with E-state index in [4.69, 9.17) is 4.84 Å². The third kappa shape index (κ3) is 7.67. The molecular formula is C14H29NO3. The van der Waals surface area contributed by atoms with Crippen molar-refractivity contribution in [2.75, 3.05) is 6.61 Å². The highest BCUT2D eigenvalue weighted by molar-refractivity contribution is 5.78. The van der Waals surface area contributed by atoms with Gasteiger partial charge in [0, 0.05) is 0 Å². The van der Waals surface area contributed by atoms with Gasteiger partial charge in [-0.15, -0.1) is 0 Å². The van der Waals surface area contributed by atoms with Gasteiger partial charge in [0.25, 0.3) is 0 Å². The fourth-order valence-electron chi connectivity index (χ4n) is 1.81. The van der Waals surface area contributed by atoms with Crippen LogP contribution < -0.4 is 5.48 Å². The lowest BCUT2D eigenvalue weighted by Crippen LogP contribution is -2.37. The molecule has 0 radical (unpaired) electrons. The van der Waals surface area contributed by atoms with Gasteiger partial charge in [-0.1, -0.05) is 46.5 Å². The summed E-state index contributed by atoms with van der Waals surface area (Å²) in [6, 6.07) is 0. The number of aliphatic hydroxyl groups is 1. The number of hydrogen-bond donors (Lipinski definition) is 2. The molecule has 0 heterocycles. The van der Waals surface area contributed by atoms with Crippen LogP contribution in [0.5, 0.6) is 0 Å². The van der Waals surface area contributed by atoms with Gasteiger partial charge in [0.05, 0.1) is 18.6 Å². The number of nitrogens with one attached hydrogen (secondary N) is 1. The number of unbranched alkanes of at least 4 members (excludes halogenated alkanes) is 3. The van der Waals surface area contributed by atoms with Crippen LogP contribution in [0.2, 0.25) is 0 Å². The van der Waals surface area contributed by atoms with Crippen LogP contribution in [0.3, 0.4) is 0 Å². The van der Waals surface area contributed by atoms with Crippen molar-refractivity contribution >= 4 is 5.91 Å². The second kappa shape index (κ2) is 11.5. The van der Waals surface area contributed by atoms with Crippen molar-refractivity contribution in [3.05, 3.63) is 0 Å². The predicted molar refractivity (Wildman–Crippen MR) is 72.9 cm³/mol. The van der Waals surface area contributed by atoms with Crippen LogP contribution in [-0.2, 0) is 9.63 Å². The maximum Gasteiger partial charge on any atom is 0.249 e. The number of carbonyl (C=O) groups is 1. The van der Waals surface area contributed by atoms with Gasteiger partial charge in [-0.05, 0) is 19.3 Å². The van der Waals surface area contributed by atoms with E-state index in [9.17, 15) is 9.90 Å². The maximum absolute atomic E-state index is 11.9. The summed E-state index contributed by atoms with van der Waals surface area (Å²) in [6.45, 7) is 6.62. The minimum absolute atomic E-state index is 0.184. The van der Waals surface area contributed by atoms with Crippen molar-refractivity contribution in [3.63, 3.8) is 0 Å². The van der Waals surface area contributed by atoms with Crippen LogP contribution in [0.25, 0.3) is 0 Å². The van der Waals surface area contributed by atoms with E-state index in [1.807, 2.05) is 6.92 Å². The Hall–Kier alpha value is -0.610. The van der Waals surface area contributed by atoms with Crippen molar-refractivity contribution in [2.45, 2.75) is 71.8 Å². The molecule has 0 aliphatic carbocycles. The van der Waals surface area contributed by atoms with Gasteiger partial charge in [-0.2, -0.15) is 0 Å². The van der Waals surface area contributed by atoms with Gasteiger partial charge in [0.15, 0.2) is 0 Å². The largest absolute Gasteiger partial charge is 0.392 e. The molecule has 0 fully saturated rings. The minimum atomic E-state index is -0.573. The molecule has 4 nitrogen and oxygen atoms in total. The number of hydroxylamine groups is 1. The highest BCUT2D eigenvalue weighted by atomic mass is 16.6. The second-order valence-electron chi connectivity index (χ2n) is 4.75. The predicted octanol–water partition coefficient (Wildman–Crippen LogP) is 2.80. The molecular weight excluding hydrogens is 230 g/mol. The summed E-state index contributed by atoms with van der Waals surface area (Å²) in [7, 11) is 0. The Morgan fingerprint density at radius 2 is 1.83 bits per heavy atom. The Morgan fingerprint density at radius 3 is 2.39 bits per heavy atom. The first-order valence-electron chi connectivity index (χ1n) is 7.26. The van der Waals surface area contributed by atoms with Crippen LogP contribution in [0.1, 0.15) is 65.7 Å². The Bertz CT molecular complexity index is 209. The number of aliphatic hydroxyl groups excluding tert-OH is 1. The molecule has 0 aliphatic rings. The van der Waals surface area contributed by atoms with Crippen LogP contribution in [0.15, 0.2) is 0 Å². The standard InChI is InChI=1S/C14H29NO3/c1-4-7-9-10-12(13(16)6-3)14(17)15-18-11-8-5-2/h12-13,16H,4-11H2,1-3H3,(H,15,17)/t12-,13+/m1/s1. The first kappa shape index (κ1) is 17.4. The number of rotatable bonds is 11. The maximum atomic E-state index is 11.9. The lowest BCUT2D eigenvalue weighted by molar-refractivity contribution is -0.142. The van der Waals surface area contributed by atoms with Gasteiger partial charge < -0.3 is 5.11 Å². The quantitative estimate of drug-likeness (QED) is 0.443. The van der Waals surface area contributed by atoms with Crippen molar-refractivity contribution in [3.8, 4) is 0 Å². The lowest BCUT2D eigenvalue weighted by atomic mass is 9.93. The monoisotopic (exact) mass is 259 g/mol. The summed E-state index contributed by atoms with van der Waals surface area (Å²) < 4.78 is 0. The number of carbonyl (C=O) groups excluding carboxylic acids is 1. The third-order valence-electron chi connectivity index (χ3n) is 3.11. The molecule has 0 aromatic heterocycles. The summed E-state index contributed by atoms with van der Waals surface area (Å²) in [4.78, 5) is 17.0. The molecule has 0 saturated heterocycles. The fourth-order valence-corrected chi connectivity index (χ4v) is 1.81. The summed E-state index contributed by atoms with van der Waals surface area (Å²) in [5, 5.41) is 9.87. The van der Waals surface area contributed by atoms with Crippen molar-refractivity contribution in [2.24, 2.45) is 5.92 Å². The average Bonchev–Trinajstić information content (AvgIpc) is 2.38. The smallest absolute Gasteiger partial charge is 0.249 e. The molecule has 0 unspecified atom stereocenters. The average molecular weight is 259 g/mol. The zero-order chi connectivity index (χ0) is 13.8. The van der Waals surface area contributed by atoms with E-state index in [1.165, 1.54) is 0 Å². The van der Waals surface area contributed by atoms with E-state index in [0.29, 0.717) is 13.0 Å². The van der Waals surface area contributed by atoms with E-state index in [1.54, 1.807) is 0 Å². The van der Waals surface area contributed by atoms with Crippen LogP contribution in [0.4, 0.5) is 0 Å². The van der Waals surface area contributed by atoms with E-state index in [-0.39, 0.29) is 11.8 Å². The molecule has 4 heteroatoms. The molecule has 0 aromatic carbocycles. The Morgan fingerprint density at radius 1 is 1.17 bits per heavy atom. The highest BCUT2D eigenvalue weighted by Gasteiger charge is 2.25. The van der Waals surface area contributed by atoms with Crippen molar-refractivity contribution < 1.29 is 14.7 Å². The number of hydrogen-bond acceptors (Lipinski definition) is 3. The van der Waals surface area contributed by atoms with E-state index in [2.05, 4.69) is 19.3 Å². The zero-order valence-electron chi connectivity index (χ0n) is 12.1. The number of amides is 1. The summed E-state index contributed by atoms with van der Waals surface area (Å²) >= 11 is 0. The van der Waals surface area contributed by atoms with E-state index < -0.39 is 6.10 Å². The SMILES string of the molecule is CCCCC[C@@H](C(=O)NOCCCC)[C@@H](O)CC. The van der Waals surface area contributed by atoms with Gasteiger partial charge in [0.1, 0.15) is 0 Å². The van der Waals surface area contributed by atoms with Gasteiger partial charge in [-0.3, -0.25) is 9.63 Å². The molecule has 0 rings (SSSR count). The Balaban J connectivity index is 4.06. The Labute approximate surface area is 111 Å². The topological polar surface area (TPSA) is 58.6 Å². The highest BCUT2D eigenvalue weighted by Crippen LogP contribution is 2.16. The first-order valence-corrected chi connectivity index (χ1v) is 7.26. The molecule has 18 heavy (non-hydrogen) atoms. The van der Waals surface area contributed by atoms with E-state index >= 15 is 0 Å². The first-order chi connectivity index (χ1) is 8.67. The molecule has 0 spiro atoms. The molecule has 0 aliphatic heterocycles. The molecule has 0 bridgehead atoms. The van der Waals surface area contributed by atoms with Crippen molar-refractivity contribution in [1.82, 2.24) is 5.48 Å². The molecule has 1 amide bonds. The second-order valence-corrected chi connectivity index (χ2v) is 4.75. The third-order valence-corrected chi connectivity index (χ3v) is 3.11. The lowest BCUT2D eigenvalue weighted by Gasteiger charge is -2.20. The molecule has 0 saturated carbocycles. The summed E-state index contributed by atoms with van der Waals surface area (Å²) in [5.41, 5.74) is 2.46. The molecule has 2 N–H and O–H groups in total. The van der Waals surface area contributed by atoms with Gasteiger partial charge >= 0.3 is 0 Å². The van der Waals surface area contributed by atoms with Crippen LogP contribution in [-0.4, -0.2) is 23.7 Å². The molecule has 108 valence electrons. The minimum Gasteiger partial charge on any atom is -0.392 e. The fraction of sp³-hybridized carbons (Fsp3) is 0.929. The molecule has 0 aromatic rings. The zero-order valence-corrected chi connectivity index (χ0v) is 12.1. The Kier molecular flexibility index (Phi) is 11.1.